The number of nitrogens with one attached hydrogen (secondary N) is 2. The molecule has 0 spiro atoms. The summed E-state index contributed by atoms with van der Waals surface area (Å²) in [6.45, 7) is 4.14. The average Bonchev–Trinajstić information content (AvgIpc) is 2.36. The summed E-state index contributed by atoms with van der Waals surface area (Å²) in [5.74, 6) is 0.441. The van der Waals surface area contributed by atoms with Crippen molar-refractivity contribution in [1.29, 1.82) is 0 Å². The Balaban J connectivity index is 2.67. The Morgan fingerprint density at radius 2 is 2.11 bits per heavy atom. The van der Waals surface area contributed by atoms with Crippen LogP contribution in [0.5, 0.6) is 5.75 Å². The fraction of sp³-hybridized carbons (Fsp3) is 0.167. The lowest BCUT2D eigenvalue weighted by Gasteiger charge is -2.06. The van der Waals surface area contributed by atoms with Gasteiger partial charge in [0.2, 0.25) is 0 Å². The maximum absolute atomic E-state index is 6.00. The van der Waals surface area contributed by atoms with Crippen LogP contribution in [0.1, 0.15) is 5.56 Å². The third kappa shape index (κ3) is 5.06. The zero-order chi connectivity index (χ0) is 14.3. The van der Waals surface area contributed by atoms with E-state index in [-0.39, 0.29) is 0 Å². The van der Waals surface area contributed by atoms with E-state index < -0.39 is 0 Å². The zero-order valence-electron chi connectivity index (χ0n) is 10.2. The summed E-state index contributed by atoms with van der Waals surface area (Å²) < 4.78 is 5.05. The van der Waals surface area contributed by atoms with Crippen LogP contribution < -0.4 is 15.5 Å². The van der Waals surface area contributed by atoms with Gasteiger partial charge in [-0.25, -0.2) is 0 Å². The highest BCUT2D eigenvalue weighted by Crippen LogP contribution is 2.33. The first-order valence-electron chi connectivity index (χ1n) is 5.29. The van der Waals surface area contributed by atoms with Crippen molar-refractivity contribution in [3.63, 3.8) is 0 Å². The number of ether oxygens (including phenoxy) is 1. The van der Waals surface area contributed by atoms with Crippen molar-refractivity contribution in [2.24, 2.45) is 5.10 Å². The Kier molecular flexibility index (Phi) is 6.62. The van der Waals surface area contributed by atoms with Crippen molar-refractivity contribution in [2.45, 2.75) is 0 Å². The Hall–Kier alpha value is -1.30. The summed E-state index contributed by atoms with van der Waals surface area (Å²) in [6, 6.07) is 3.38. The number of benzene rings is 1. The van der Waals surface area contributed by atoms with E-state index >= 15 is 0 Å². The lowest BCUT2D eigenvalue weighted by Crippen LogP contribution is -2.31. The summed E-state index contributed by atoms with van der Waals surface area (Å²) in [5, 5.41) is 8.08. The van der Waals surface area contributed by atoms with Gasteiger partial charge >= 0.3 is 0 Å². The molecule has 102 valence electrons. The number of hydrogen-bond donors (Lipinski definition) is 2. The van der Waals surface area contributed by atoms with Crippen molar-refractivity contribution < 1.29 is 4.74 Å². The third-order valence-corrected chi connectivity index (χ3v) is 2.81. The van der Waals surface area contributed by atoms with Crippen LogP contribution in [0.4, 0.5) is 0 Å². The summed E-state index contributed by atoms with van der Waals surface area (Å²) in [5.41, 5.74) is 3.39. The Bertz CT molecular complexity index is 483. The molecular weight excluding hydrogens is 305 g/mol. The van der Waals surface area contributed by atoms with Gasteiger partial charge in [0.1, 0.15) is 0 Å². The van der Waals surface area contributed by atoms with Crippen LogP contribution in [-0.2, 0) is 0 Å². The third-order valence-electron chi connectivity index (χ3n) is 2.01. The first-order valence-corrected chi connectivity index (χ1v) is 6.45. The maximum atomic E-state index is 6.00. The van der Waals surface area contributed by atoms with Crippen LogP contribution in [0.3, 0.4) is 0 Å². The Morgan fingerprint density at radius 1 is 1.47 bits per heavy atom. The summed E-state index contributed by atoms with van der Waals surface area (Å²) in [7, 11) is 1.51. The monoisotopic (exact) mass is 317 g/mol. The molecule has 0 radical (unpaired) electrons. The van der Waals surface area contributed by atoms with Gasteiger partial charge in [-0.15, -0.1) is 6.58 Å². The van der Waals surface area contributed by atoms with E-state index in [0.29, 0.717) is 27.5 Å². The molecule has 0 amide bonds. The van der Waals surface area contributed by atoms with Crippen LogP contribution in [0, 0.1) is 0 Å². The second kappa shape index (κ2) is 7.99. The quantitative estimate of drug-likeness (QED) is 0.379. The molecule has 1 aromatic carbocycles. The highest BCUT2D eigenvalue weighted by atomic mass is 35.5. The normalized spacial score (nSPS) is 10.3. The van der Waals surface area contributed by atoms with Crippen LogP contribution in [0.15, 0.2) is 29.9 Å². The van der Waals surface area contributed by atoms with E-state index in [9.17, 15) is 0 Å². The molecular formula is C12H13Cl2N3OS. The van der Waals surface area contributed by atoms with Gasteiger partial charge in [0, 0.05) is 6.54 Å². The molecule has 0 bridgehead atoms. The van der Waals surface area contributed by atoms with E-state index in [4.69, 9.17) is 40.2 Å². The number of hydrazone groups is 1. The number of methoxy groups -OCH3 is 1. The Morgan fingerprint density at radius 3 is 2.63 bits per heavy atom. The lowest BCUT2D eigenvalue weighted by molar-refractivity contribution is 0.415. The van der Waals surface area contributed by atoms with Gasteiger partial charge in [-0.05, 0) is 29.9 Å². The minimum Gasteiger partial charge on any atom is -0.494 e. The summed E-state index contributed by atoms with van der Waals surface area (Å²) >= 11 is 17.0. The van der Waals surface area contributed by atoms with Crippen molar-refractivity contribution in [1.82, 2.24) is 10.7 Å². The second-order valence-electron chi connectivity index (χ2n) is 3.39. The minimum absolute atomic E-state index is 0.404. The predicted molar refractivity (Wildman–Crippen MR) is 84.5 cm³/mol. The molecule has 7 heteroatoms. The highest BCUT2D eigenvalue weighted by molar-refractivity contribution is 7.80. The molecule has 0 saturated heterocycles. The fourth-order valence-corrected chi connectivity index (χ4v) is 2.01. The molecule has 0 aliphatic carbocycles. The molecule has 0 aliphatic heterocycles. The number of hydrogen-bond acceptors (Lipinski definition) is 3. The summed E-state index contributed by atoms with van der Waals surface area (Å²) in [4.78, 5) is 0. The minimum atomic E-state index is 0.404. The fourth-order valence-electron chi connectivity index (χ4n) is 1.22. The van der Waals surface area contributed by atoms with E-state index in [2.05, 4.69) is 22.4 Å². The molecule has 0 fully saturated rings. The van der Waals surface area contributed by atoms with Crippen LogP contribution in [0.2, 0.25) is 10.0 Å². The first-order chi connectivity index (χ1) is 9.08. The van der Waals surface area contributed by atoms with E-state index in [0.717, 1.165) is 5.56 Å². The van der Waals surface area contributed by atoms with Crippen molar-refractivity contribution >= 4 is 46.7 Å². The average molecular weight is 318 g/mol. The molecule has 0 aromatic heterocycles. The van der Waals surface area contributed by atoms with Crippen molar-refractivity contribution in [3.05, 3.63) is 40.4 Å². The SMILES string of the molecule is C=CCNC(=S)N/N=C\c1cc(Cl)c(OC)c(Cl)c1. The van der Waals surface area contributed by atoms with Gasteiger partial charge in [0.05, 0.1) is 23.4 Å². The van der Waals surface area contributed by atoms with Crippen LogP contribution in [0.25, 0.3) is 0 Å². The lowest BCUT2D eigenvalue weighted by atomic mass is 10.2. The summed E-state index contributed by atoms with van der Waals surface area (Å²) in [6.07, 6.45) is 3.25. The molecule has 0 saturated carbocycles. The highest BCUT2D eigenvalue weighted by Gasteiger charge is 2.07. The van der Waals surface area contributed by atoms with Gasteiger partial charge in [-0.1, -0.05) is 29.3 Å². The molecule has 19 heavy (non-hydrogen) atoms. The van der Waals surface area contributed by atoms with E-state index in [1.54, 1.807) is 24.4 Å². The Labute approximate surface area is 127 Å². The van der Waals surface area contributed by atoms with Crippen LogP contribution >= 0.6 is 35.4 Å². The van der Waals surface area contributed by atoms with Crippen LogP contribution in [-0.4, -0.2) is 25.0 Å². The molecule has 1 aromatic rings. The molecule has 1 rings (SSSR count). The van der Waals surface area contributed by atoms with Crippen molar-refractivity contribution in [2.75, 3.05) is 13.7 Å². The molecule has 0 heterocycles. The van der Waals surface area contributed by atoms with Crippen molar-refractivity contribution in [3.8, 4) is 5.75 Å². The van der Waals surface area contributed by atoms with Gasteiger partial charge in [-0.2, -0.15) is 5.10 Å². The molecule has 4 nitrogen and oxygen atoms in total. The number of thiocarbonyl (C=S) groups is 1. The van der Waals surface area contributed by atoms with Gasteiger partial charge in [0.25, 0.3) is 0 Å². The molecule has 0 aliphatic rings. The molecule has 2 N–H and O–H groups in total. The first kappa shape index (κ1) is 15.8. The van der Waals surface area contributed by atoms with E-state index in [1.807, 2.05) is 0 Å². The standard InChI is InChI=1S/C12H13Cl2N3OS/c1-3-4-15-12(19)17-16-7-8-5-9(13)11(18-2)10(14)6-8/h3,5-7H,1,4H2,2H3,(H2,15,17,19)/b16-7-. The molecule has 0 unspecified atom stereocenters. The number of nitrogens with zero attached hydrogens (tertiary/aromatic N) is 1. The topological polar surface area (TPSA) is 45.7 Å². The number of halogens is 2. The van der Waals surface area contributed by atoms with Gasteiger partial charge in [-0.3, -0.25) is 5.43 Å². The maximum Gasteiger partial charge on any atom is 0.187 e. The second-order valence-corrected chi connectivity index (χ2v) is 4.61. The largest absolute Gasteiger partial charge is 0.494 e. The predicted octanol–water partition coefficient (Wildman–Crippen LogP) is 2.99. The van der Waals surface area contributed by atoms with Gasteiger partial charge < -0.3 is 10.1 Å². The smallest absolute Gasteiger partial charge is 0.187 e. The van der Waals surface area contributed by atoms with E-state index in [1.165, 1.54) is 7.11 Å². The molecule has 0 atom stereocenters. The zero-order valence-corrected chi connectivity index (χ0v) is 12.6. The number of rotatable bonds is 5. The van der Waals surface area contributed by atoms with Gasteiger partial charge in [0.15, 0.2) is 10.9 Å².